The summed E-state index contributed by atoms with van der Waals surface area (Å²) >= 11 is 0. The van der Waals surface area contributed by atoms with Crippen molar-refractivity contribution in [2.75, 3.05) is 38.3 Å². The zero-order valence-electron chi connectivity index (χ0n) is 10.1. The molecule has 0 aromatic carbocycles. The van der Waals surface area contributed by atoms with Crippen LogP contribution in [0.2, 0.25) is 0 Å². The monoisotopic (exact) mass is 223 g/mol. The molecule has 0 aliphatic heterocycles. The van der Waals surface area contributed by atoms with Crippen LogP contribution in [-0.4, -0.2) is 38.3 Å². The van der Waals surface area contributed by atoms with E-state index in [4.69, 9.17) is 10.5 Å². The SMILES string of the molecule is CCN(CCOC)c1ncccc1CCN. The van der Waals surface area contributed by atoms with Gasteiger partial charge in [-0.05, 0) is 31.5 Å². The third kappa shape index (κ3) is 3.47. The van der Waals surface area contributed by atoms with Crippen LogP contribution in [0.1, 0.15) is 12.5 Å². The van der Waals surface area contributed by atoms with Crippen LogP contribution in [0.4, 0.5) is 5.82 Å². The van der Waals surface area contributed by atoms with Gasteiger partial charge in [0.05, 0.1) is 6.61 Å². The second kappa shape index (κ2) is 7.19. The van der Waals surface area contributed by atoms with Gasteiger partial charge in [-0.15, -0.1) is 0 Å². The van der Waals surface area contributed by atoms with E-state index in [1.807, 2.05) is 12.3 Å². The van der Waals surface area contributed by atoms with E-state index in [9.17, 15) is 0 Å². The second-order valence-corrected chi connectivity index (χ2v) is 3.60. The van der Waals surface area contributed by atoms with Crippen molar-refractivity contribution in [3.63, 3.8) is 0 Å². The van der Waals surface area contributed by atoms with Crippen LogP contribution in [0, 0.1) is 0 Å². The predicted octanol–water partition coefficient (Wildman–Crippen LogP) is 1.06. The molecule has 4 heteroatoms. The average molecular weight is 223 g/mol. The van der Waals surface area contributed by atoms with Crippen LogP contribution >= 0.6 is 0 Å². The van der Waals surface area contributed by atoms with Crippen LogP contribution in [0.15, 0.2) is 18.3 Å². The first-order chi connectivity index (χ1) is 7.83. The molecule has 0 aliphatic carbocycles. The van der Waals surface area contributed by atoms with Crippen molar-refractivity contribution in [1.82, 2.24) is 4.98 Å². The van der Waals surface area contributed by atoms with Gasteiger partial charge in [-0.1, -0.05) is 6.07 Å². The number of ether oxygens (including phenoxy) is 1. The Labute approximate surface area is 97.4 Å². The molecule has 0 aliphatic rings. The van der Waals surface area contributed by atoms with Gasteiger partial charge in [0, 0.05) is 26.4 Å². The molecule has 1 aromatic heterocycles. The van der Waals surface area contributed by atoms with Crippen molar-refractivity contribution in [1.29, 1.82) is 0 Å². The Bertz CT molecular complexity index is 304. The predicted molar refractivity (Wildman–Crippen MR) is 66.8 cm³/mol. The molecule has 2 N–H and O–H groups in total. The summed E-state index contributed by atoms with van der Waals surface area (Å²) < 4.78 is 5.10. The third-order valence-electron chi connectivity index (χ3n) is 2.53. The summed E-state index contributed by atoms with van der Waals surface area (Å²) in [7, 11) is 1.72. The van der Waals surface area contributed by atoms with Crippen molar-refractivity contribution in [3.8, 4) is 0 Å². The van der Waals surface area contributed by atoms with Gasteiger partial charge in [0.1, 0.15) is 5.82 Å². The van der Waals surface area contributed by atoms with E-state index in [1.165, 1.54) is 5.56 Å². The van der Waals surface area contributed by atoms with E-state index < -0.39 is 0 Å². The maximum Gasteiger partial charge on any atom is 0.131 e. The average Bonchev–Trinajstić information content (AvgIpc) is 2.32. The third-order valence-corrected chi connectivity index (χ3v) is 2.53. The Morgan fingerprint density at radius 2 is 2.31 bits per heavy atom. The summed E-state index contributed by atoms with van der Waals surface area (Å²) in [6.07, 6.45) is 2.69. The number of aromatic nitrogens is 1. The molecule has 16 heavy (non-hydrogen) atoms. The zero-order valence-corrected chi connectivity index (χ0v) is 10.1. The number of hydrogen-bond donors (Lipinski definition) is 1. The molecule has 0 spiro atoms. The van der Waals surface area contributed by atoms with Gasteiger partial charge >= 0.3 is 0 Å². The van der Waals surface area contributed by atoms with Gasteiger partial charge in [-0.2, -0.15) is 0 Å². The highest BCUT2D eigenvalue weighted by atomic mass is 16.5. The second-order valence-electron chi connectivity index (χ2n) is 3.60. The van der Waals surface area contributed by atoms with Crippen LogP contribution in [0.5, 0.6) is 0 Å². The number of hydrogen-bond acceptors (Lipinski definition) is 4. The Kier molecular flexibility index (Phi) is 5.82. The normalized spacial score (nSPS) is 10.4. The van der Waals surface area contributed by atoms with E-state index in [2.05, 4.69) is 22.9 Å². The summed E-state index contributed by atoms with van der Waals surface area (Å²) in [4.78, 5) is 6.65. The minimum Gasteiger partial charge on any atom is -0.383 e. The maximum absolute atomic E-state index is 5.60. The van der Waals surface area contributed by atoms with Crippen molar-refractivity contribution >= 4 is 5.82 Å². The van der Waals surface area contributed by atoms with Gasteiger partial charge in [0.25, 0.3) is 0 Å². The molecule has 1 heterocycles. The van der Waals surface area contributed by atoms with Gasteiger partial charge in [0.2, 0.25) is 0 Å². The van der Waals surface area contributed by atoms with E-state index in [0.717, 1.165) is 25.3 Å². The maximum atomic E-state index is 5.60. The van der Waals surface area contributed by atoms with Crippen molar-refractivity contribution in [2.45, 2.75) is 13.3 Å². The summed E-state index contributed by atoms with van der Waals surface area (Å²) in [6.45, 7) is 5.28. The molecule has 0 saturated carbocycles. The Hall–Kier alpha value is -1.13. The number of anilines is 1. The quantitative estimate of drug-likeness (QED) is 0.751. The summed E-state index contributed by atoms with van der Waals surface area (Å²) in [6, 6.07) is 4.04. The first kappa shape index (κ1) is 12.9. The van der Waals surface area contributed by atoms with Gasteiger partial charge in [0.15, 0.2) is 0 Å². The molecular formula is C12H21N3O. The lowest BCUT2D eigenvalue weighted by Gasteiger charge is -2.23. The highest BCUT2D eigenvalue weighted by molar-refractivity contribution is 5.46. The van der Waals surface area contributed by atoms with E-state index in [-0.39, 0.29) is 0 Å². The van der Waals surface area contributed by atoms with E-state index in [0.29, 0.717) is 13.2 Å². The van der Waals surface area contributed by atoms with Crippen LogP contribution < -0.4 is 10.6 Å². The van der Waals surface area contributed by atoms with E-state index >= 15 is 0 Å². The molecule has 4 nitrogen and oxygen atoms in total. The number of rotatable bonds is 7. The Balaban J connectivity index is 2.81. The molecule has 0 bridgehead atoms. The first-order valence-electron chi connectivity index (χ1n) is 5.71. The number of nitrogens with zero attached hydrogens (tertiary/aromatic N) is 2. The molecule has 0 radical (unpaired) electrons. The summed E-state index contributed by atoms with van der Waals surface area (Å²) in [5.74, 6) is 1.03. The van der Waals surface area contributed by atoms with Crippen molar-refractivity contribution in [2.24, 2.45) is 5.73 Å². The fourth-order valence-corrected chi connectivity index (χ4v) is 1.68. The van der Waals surface area contributed by atoms with Gasteiger partial charge < -0.3 is 15.4 Å². The van der Waals surface area contributed by atoms with Gasteiger partial charge in [-0.25, -0.2) is 4.98 Å². The molecule has 0 atom stereocenters. The topological polar surface area (TPSA) is 51.4 Å². The smallest absolute Gasteiger partial charge is 0.131 e. The van der Waals surface area contributed by atoms with Crippen LogP contribution in [-0.2, 0) is 11.2 Å². The highest BCUT2D eigenvalue weighted by Gasteiger charge is 2.09. The standard InChI is InChI=1S/C12H21N3O/c1-3-15(9-10-16-2)12-11(6-7-13)5-4-8-14-12/h4-5,8H,3,6-7,9-10,13H2,1-2H3. The highest BCUT2D eigenvalue weighted by Crippen LogP contribution is 2.16. The largest absolute Gasteiger partial charge is 0.383 e. The van der Waals surface area contributed by atoms with Crippen molar-refractivity contribution < 1.29 is 4.74 Å². The fraction of sp³-hybridized carbons (Fsp3) is 0.583. The Morgan fingerprint density at radius 3 is 2.94 bits per heavy atom. The lowest BCUT2D eigenvalue weighted by molar-refractivity contribution is 0.205. The zero-order chi connectivity index (χ0) is 11.8. The van der Waals surface area contributed by atoms with E-state index in [1.54, 1.807) is 7.11 Å². The lowest BCUT2D eigenvalue weighted by atomic mass is 10.2. The molecular weight excluding hydrogens is 202 g/mol. The molecule has 0 saturated heterocycles. The van der Waals surface area contributed by atoms with Crippen LogP contribution in [0.25, 0.3) is 0 Å². The number of likely N-dealkylation sites (N-methyl/N-ethyl adjacent to an activating group) is 1. The molecule has 0 fully saturated rings. The minimum absolute atomic E-state index is 0.653. The lowest BCUT2D eigenvalue weighted by Crippen LogP contribution is -2.29. The number of pyridine rings is 1. The van der Waals surface area contributed by atoms with Crippen molar-refractivity contribution in [3.05, 3.63) is 23.9 Å². The Morgan fingerprint density at radius 1 is 1.50 bits per heavy atom. The molecule has 1 aromatic rings. The first-order valence-corrected chi connectivity index (χ1v) is 5.71. The van der Waals surface area contributed by atoms with Gasteiger partial charge in [-0.3, -0.25) is 0 Å². The molecule has 1 rings (SSSR count). The summed E-state index contributed by atoms with van der Waals surface area (Å²) in [5.41, 5.74) is 6.81. The molecule has 0 amide bonds. The molecule has 90 valence electrons. The number of nitrogens with two attached hydrogens (primary N) is 1. The molecule has 0 unspecified atom stereocenters. The fourth-order valence-electron chi connectivity index (χ4n) is 1.68. The summed E-state index contributed by atoms with van der Waals surface area (Å²) in [5, 5.41) is 0. The van der Waals surface area contributed by atoms with Crippen LogP contribution in [0.3, 0.4) is 0 Å². The number of methoxy groups -OCH3 is 1. The minimum atomic E-state index is 0.653.